The van der Waals surface area contributed by atoms with Crippen molar-refractivity contribution in [3.8, 4) is 0 Å². The van der Waals surface area contributed by atoms with Crippen LogP contribution in [0, 0.1) is 6.92 Å². The van der Waals surface area contributed by atoms with E-state index in [2.05, 4.69) is 56.9 Å². The van der Waals surface area contributed by atoms with Crippen LogP contribution < -0.4 is 0 Å². The van der Waals surface area contributed by atoms with Gasteiger partial charge in [0.2, 0.25) is 0 Å². The molecule has 2 unspecified atom stereocenters. The molecule has 0 aliphatic rings. The summed E-state index contributed by atoms with van der Waals surface area (Å²) in [7, 11) is 6.26. The highest BCUT2D eigenvalue weighted by molar-refractivity contribution is 5.23. The maximum atomic E-state index is 10.4. The highest BCUT2D eigenvalue weighted by Gasteiger charge is 2.19. The van der Waals surface area contributed by atoms with Crippen LogP contribution in [0.2, 0.25) is 0 Å². The number of nitrogens with zero attached hydrogens (tertiary/aromatic N) is 2. The van der Waals surface area contributed by atoms with Crippen molar-refractivity contribution in [3.05, 3.63) is 35.4 Å². The van der Waals surface area contributed by atoms with Crippen molar-refractivity contribution < 1.29 is 5.11 Å². The molecule has 3 heteroatoms. The second-order valence-corrected chi connectivity index (χ2v) is 5.73. The van der Waals surface area contributed by atoms with Crippen LogP contribution in [-0.2, 0) is 0 Å². The molecule has 19 heavy (non-hydrogen) atoms. The summed E-state index contributed by atoms with van der Waals surface area (Å²) in [5.74, 6) is 0. The van der Waals surface area contributed by atoms with Gasteiger partial charge in [0, 0.05) is 6.04 Å². The van der Waals surface area contributed by atoms with E-state index in [9.17, 15) is 5.11 Å². The molecule has 1 N–H and O–H groups in total. The van der Waals surface area contributed by atoms with Crippen molar-refractivity contribution in [3.63, 3.8) is 0 Å². The van der Waals surface area contributed by atoms with Crippen LogP contribution in [0.4, 0.5) is 0 Å². The fourth-order valence-electron chi connectivity index (χ4n) is 2.12. The van der Waals surface area contributed by atoms with Crippen LogP contribution >= 0.6 is 0 Å². The van der Waals surface area contributed by atoms with Crippen LogP contribution in [0.3, 0.4) is 0 Å². The minimum absolute atomic E-state index is 0.130. The first kappa shape index (κ1) is 16.2. The maximum Gasteiger partial charge on any atom is 0.0942 e. The van der Waals surface area contributed by atoms with Gasteiger partial charge in [0.25, 0.3) is 0 Å². The highest BCUT2D eigenvalue weighted by atomic mass is 16.3. The Morgan fingerprint density at radius 1 is 1.05 bits per heavy atom. The topological polar surface area (TPSA) is 26.7 Å². The quantitative estimate of drug-likeness (QED) is 0.818. The number of benzene rings is 1. The normalized spacial score (nSPS) is 14.9. The van der Waals surface area contributed by atoms with Crippen molar-refractivity contribution in [2.24, 2.45) is 0 Å². The predicted octanol–water partition coefficient (Wildman–Crippen LogP) is 2.30. The van der Waals surface area contributed by atoms with E-state index in [-0.39, 0.29) is 6.04 Å². The van der Waals surface area contributed by atoms with Crippen LogP contribution in [0.1, 0.15) is 30.6 Å². The Balaban J connectivity index is 2.51. The number of rotatable bonds is 7. The SMILES string of the molecule is Cc1ccc(C(O)C(C)N(C)CCCN(C)C)cc1. The fourth-order valence-corrected chi connectivity index (χ4v) is 2.12. The molecule has 0 bridgehead atoms. The standard InChI is InChI=1S/C16H28N2O/c1-13-7-9-15(10-8-13)16(19)14(2)18(5)12-6-11-17(3)4/h7-10,14,16,19H,6,11-12H2,1-5H3. The zero-order valence-electron chi connectivity index (χ0n) is 12.9. The van der Waals surface area contributed by atoms with Crippen LogP contribution in [0.15, 0.2) is 24.3 Å². The lowest BCUT2D eigenvalue weighted by atomic mass is 10.0. The molecule has 0 heterocycles. The predicted molar refractivity (Wildman–Crippen MR) is 81.4 cm³/mol. The van der Waals surface area contributed by atoms with Gasteiger partial charge < -0.3 is 14.9 Å². The van der Waals surface area contributed by atoms with Crippen molar-refractivity contribution in [1.82, 2.24) is 9.80 Å². The van der Waals surface area contributed by atoms with Gasteiger partial charge >= 0.3 is 0 Å². The van der Waals surface area contributed by atoms with Crippen molar-refractivity contribution >= 4 is 0 Å². The summed E-state index contributed by atoms with van der Waals surface area (Å²) in [4.78, 5) is 4.42. The Labute approximate surface area is 117 Å². The van der Waals surface area contributed by atoms with E-state index in [1.165, 1.54) is 5.56 Å². The van der Waals surface area contributed by atoms with E-state index >= 15 is 0 Å². The maximum absolute atomic E-state index is 10.4. The first-order valence-electron chi connectivity index (χ1n) is 7.01. The Hall–Kier alpha value is -0.900. The third-order valence-electron chi connectivity index (χ3n) is 3.69. The molecule has 0 saturated heterocycles. The Morgan fingerprint density at radius 3 is 2.16 bits per heavy atom. The smallest absolute Gasteiger partial charge is 0.0942 e. The molecular formula is C16H28N2O. The monoisotopic (exact) mass is 264 g/mol. The Bertz CT molecular complexity index is 362. The number of likely N-dealkylation sites (N-methyl/N-ethyl adjacent to an activating group) is 1. The van der Waals surface area contributed by atoms with Crippen LogP contribution in [-0.4, -0.2) is 55.2 Å². The number of hydrogen-bond acceptors (Lipinski definition) is 3. The van der Waals surface area contributed by atoms with Gasteiger partial charge in [0.1, 0.15) is 0 Å². The lowest BCUT2D eigenvalue weighted by molar-refractivity contribution is 0.0710. The molecule has 0 aromatic heterocycles. The highest BCUT2D eigenvalue weighted by Crippen LogP contribution is 2.20. The van der Waals surface area contributed by atoms with E-state index in [4.69, 9.17) is 0 Å². The third kappa shape index (κ3) is 5.31. The van der Waals surface area contributed by atoms with E-state index in [1.54, 1.807) is 0 Å². The molecular weight excluding hydrogens is 236 g/mol. The number of aryl methyl sites for hydroxylation is 1. The molecule has 1 rings (SSSR count). The molecule has 0 spiro atoms. The summed E-state index contributed by atoms with van der Waals surface area (Å²) >= 11 is 0. The minimum atomic E-state index is -0.426. The molecule has 108 valence electrons. The Kier molecular flexibility index (Phi) is 6.49. The van der Waals surface area contributed by atoms with Gasteiger partial charge in [-0.25, -0.2) is 0 Å². The zero-order chi connectivity index (χ0) is 14.4. The number of hydrogen-bond donors (Lipinski definition) is 1. The van der Waals surface area contributed by atoms with E-state index < -0.39 is 6.10 Å². The molecule has 0 fully saturated rings. The van der Waals surface area contributed by atoms with E-state index in [0.717, 1.165) is 25.1 Å². The molecule has 0 aliphatic heterocycles. The first-order valence-corrected chi connectivity index (χ1v) is 7.01. The van der Waals surface area contributed by atoms with Crippen LogP contribution in [0.25, 0.3) is 0 Å². The average Bonchev–Trinajstić information content (AvgIpc) is 2.37. The summed E-state index contributed by atoms with van der Waals surface area (Å²) in [5, 5.41) is 10.4. The van der Waals surface area contributed by atoms with Gasteiger partial charge in [0.05, 0.1) is 6.10 Å². The molecule has 3 nitrogen and oxygen atoms in total. The first-order chi connectivity index (χ1) is 8.91. The van der Waals surface area contributed by atoms with Crippen molar-refractivity contribution in [2.75, 3.05) is 34.2 Å². The molecule has 0 aliphatic carbocycles. The van der Waals surface area contributed by atoms with Gasteiger partial charge in [-0.05, 0) is 60.1 Å². The second kappa shape index (κ2) is 7.63. The molecule has 1 aromatic rings. The lowest BCUT2D eigenvalue weighted by Gasteiger charge is -2.29. The fraction of sp³-hybridized carbons (Fsp3) is 0.625. The largest absolute Gasteiger partial charge is 0.387 e. The summed E-state index contributed by atoms with van der Waals surface area (Å²) in [5.41, 5.74) is 2.22. The van der Waals surface area contributed by atoms with Gasteiger partial charge in [-0.3, -0.25) is 0 Å². The summed E-state index contributed by atoms with van der Waals surface area (Å²) in [6.07, 6.45) is 0.694. The van der Waals surface area contributed by atoms with Crippen molar-refractivity contribution in [2.45, 2.75) is 32.4 Å². The molecule has 1 aromatic carbocycles. The van der Waals surface area contributed by atoms with E-state index in [1.807, 2.05) is 12.1 Å². The summed E-state index contributed by atoms with van der Waals surface area (Å²) in [6, 6.07) is 8.27. The van der Waals surface area contributed by atoms with Gasteiger partial charge in [-0.1, -0.05) is 29.8 Å². The molecule has 2 atom stereocenters. The van der Waals surface area contributed by atoms with Gasteiger partial charge in [-0.15, -0.1) is 0 Å². The summed E-state index contributed by atoms with van der Waals surface area (Å²) < 4.78 is 0. The number of aliphatic hydroxyl groups excluding tert-OH is 1. The third-order valence-corrected chi connectivity index (χ3v) is 3.69. The van der Waals surface area contributed by atoms with E-state index in [0.29, 0.717) is 0 Å². The lowest BCUT2D eigenvalue weighted by Crippen LogP contribution is -2.36. The molecule has 0 radical (unpaired) electrons. The molecule has 0 saturated carbocycles. The molecule has 0 amide bonds. The minimum Gasteiger partial charge on any atom is -0.387 e. The van der Waals surface area contributed by atoms with Gasteiger partial charge in [-0.2, -0.15) is 0 Å². The van der Waals surface area contributed by atoms with Crippen molar-refractivity contribution in [1.29, 1.82) is 0 Å². The van der Waals surface area contributed by atoms with Crippen LogP contribution in [0.5, 0.6) is 0 Å². The Morgan fingerprint density at radius 2 is 1.63 bits per heavy atom. The summed E-state index contributed by atoms with van der Waals surface area (Å²) in [6.45, 7) is 6.23. The average molecular weight is 264 g/mol. The van der Waals surface area contributed by atoms with Gasteiger partial charge in [0.15, 0.2) is 0 Å². The zero-order valence-corrected chi connectivity index (χ0v) is 12.9. The second-order valence-electron chi connectivity index (χ2n) is 5.73. The number of aliphatic hydroxyl groups is 1.